The number of rotatable bonds is 2. The summed E-state index contributed by atoms with van der Waals surface area (Å²) in [6.07, 6.45) is 3.27. The zero-order valence-corrected chi connectivity index (χ0v) is 13.8. The molecule has 3 rings (SSSR count). The van der Waals surface area contributed by atoms with Gasteiger partial charge in [0.1, 0.15) is 0 Å². The van der Waals surface area contributed by atoms with Crippen LogP contribution in [0.2, 0.25) is 5.02 Å². The molecular weight excluding hydrogens is 338 g/mol. The zero-order chi connectivity index (χ0) is 16.4. The Labute approximate surface area is 139 Å². The number of hydrogen-bond donors (Lipinski definition) is 1. The van der Waals surface area contributed by atoms with Crippen LogP contribution in [0.15, 0.2) is 36.7 Å². The highest BCUT2D eigenvalue weighted by atomic mass is 35.5. The average Bonchev–Trinajstić information content (AvgIpc) is 3.00. The van der Waals surface area contributed by atoms with Gasteiger partial charge in [0.05, 0.1) is 22.8 Å². The van der Waals surface area contributed by atoms with Crippen LogP contribution in [0.25, 0.3) is 0 Å². The molecule has 1 aromatic heterocycles. The molecule has 0 radical (unpaired) electrons. The molecule has 1 aliphatic heterocycles. The van der Waals surface area contributed by atoms with E-state index in [1.54, 1.807) is 29.2 Å². The van der Waals surface area contributed by atoms with Gasteiger partial charge >= 0.3 is 0 Å². The molecule has 0 aliphatic carbocycles. The topological polar surface area (TPSA) is 83.1 Å². The van der Waals surface area contributed by atoms with Gasteiger partial charge in [-0.1, -0.05) is 29.8 Å². The van der Waals surface area contributed by atoms with Crippen molar-refractivity contribution in [3.05, 3.63) is 52.8 Å². The molecule has 0 bridgehead atoms. The zero-order valence-electron chi connectivity index (χ0n) is 12.3. The monoisotopic (exact) mass is 353 g/mol. The minimum absolute atomic E-state index is 0.0769. The number of H-pyrrole nitrogens is 1. The van der Waals surface area contributed by atoms with Gasteiger partial charge in [-0.05, 0) is 18.1 Å². The van der Waals surface area contributed by atoms with E-state index >= 15 is 0 Å². The molecule has 0 spiro atoms. The van der Waals surface area contributed by atoms with E-state index in [-0.39, 0.29) is 18.2 Å². The minimum Gasteiger partial charge on any atom is -0.337 e. The number of benzene rings is 1. The number of nitrogens with zero attached hydrogens (tertiary/aromatic N) is 2. The van der Waals surface area contributed by atoms with Crippen molar-refractivity contribution < 1.29 is 13.2 Å². The Morgan fingerprint density at radius 3 is 2.78 bits per heavy atom. The van der Waals surface area contributed by atoms with Gasteiger partial charge < -0.3 is 4.90 Å². The average molecular weight is 354 g/mol. The van der Waals surface area contributed by atoms with Crippen LogP contribution in [0.3, 0.4) is 0 Å². The summed E-state index contributed by atoms with van der Waals surface area (Å²) >= 11 is 6.16. The first-order chi connectivity index (χ1) is 11.0. The van der Waals surface area contributed by atoms with Crippen LogP contribution in [0.1, 0.15) is 27.6 Å². The lowest BCUT2D eigenvalue weighted by Crippen LogP contribution is -2.33. The lowest BCUT2D eigenvalue weighted by molar-refractivity contribution is 0.0766. The van der Waals surface area contributed by atoms with Crippen molar-refractivity contribution in [3.8, 4) is 0 Å². The first-order valence-corrected chi connectivity index (χ1v) is 9.32. The number of aromatic nitrogens is 2. The Hall–Kier alpha value is -1.86. The van der Waals surface area contributed by atoms with Crippen LogP contribution in [0.4, 0.5) is 0 Å². The summed E-state index contributed by atoms with van der Waals surface area (Å²) in [7, 11) is -3.37. The van der Waals surface area contributed by atoms with Crippen molar-refractivity contribution in [1.82, 2.24) is 15.1 Å². The summed E-state index contributed by atoms with van der Waals surface area (Å²) in [6.45, 7) is 0.534. The van der Waals surface area contributed by atoms with Gasteiger partial charge in [0, 0.05) is 24.3 Å². The number of carbonyl (C=O) groups is 1. The minimum atomic E-state index is -3.37. The van der Waals surface area contributed by atoms with E-state index < -0.39 is 15.1 Å². The quantitative estimate of drug-likeness (QED) is 0.895. The van der Waals surface area contributed by atoms with E-state index in [1.165, 1.54) is 12.4 Å². The number of carbonyl (C=O) groups excluding carboxylic acids is 1. The predicted molar refractivity (Wildman–Crippen MR) is 87.1 cm³/mol. The molecule has 1 N–H and O–H groups in total. The Bertz CT molecular complexity index is 805. The molecule has 122 valence electrons. The van der Waals surface area contributed by atoms with Gasteiger partial charge in [0.25, 0.3) is 5.91 Å². The van der Waals surface area contributed by atoms with E-state index in [4.69, 9.17) is 11.6 Å². The Morgan fingerprint density at radius 1 is 1.30 bits per heavy atom. The standard InChI is InChI=1S/C15H16ClN3O3S/c16-13-4-2-1-3-12(13)14-5-6-19(7-8-23(14,21)22)15(20)11-9-17-18-10-11/h1-4,9-10,14H,5-8H2,(H,17,18). The van der Waals surface area contributed by atoms with E-state index in [0.29, 0.717) is 29.1 Å². The van der Waals surface area contributed by atoms with Gasteiger partial charge in [-0.25, -0.2) is 8.42 Å². The molecule has 0 saturated carbocycles. The van der Waals surface area contributed by atoms with Gasteiger partial charge in [-0.2, -0.15) is 5.10 Å². The lowest BCUT2D eigenvalue weighted by Gasteiger charge is -2.19. The van der Waals surface area contributed by atoms with E-state index in [1.807, 2.05) is 0 Å². The van der Waals surface area contributed by atoms with Gasteiger partial charge in [-0.3, -0.25) is 9.89 Å². The number of halogens is 1. The summed E-state index contributed by atoms with van der Waals surface area (Å²) in [5.74, 6) is -0.291. The number of sulfone groups is 1. The van der Waals surface area contributed by atoms with Crippen LogP contribution < -0.4 is 0 Å². The third-order valence-corrected chi connectivity index (χ3v) is 6.48. The van der Waals surface area contributed by atoms with Gasteiger partial charge in [0.2, 0.25) is 0 Å². The number of nitrogens with one attached hydrogen (secondary N) is 1. The van der Waals surface area contributed by atoms with Crippen LogP contribution in [0, 0.1) is 0 Å². The molecule has 1 atom stereocenters. The molecule has 23 heavy (non-hydrogen) atoms. The largest absolute Gasteiger partial charge is 0.337 e. The molecule has 8 heteroatoms. The highest BCUT2D eigenvalue weighted by Gasteiger charge is 2.34. The van der Waals surface area contributed by atoms with Gasteiger partial charge in [-0.15, -0.1) is 0 Å². The second-order valence-corrected chi connectivity index (χ2v) is 8.16. The highest BCUT2D eigenvalue weighted by Crippen LogP contribution is 2.34. The molecule has 1 aliphatic rings. The summed E-state index contributed by atoms with van der Waals surface area (Å²) in [4.78, 5) is 13.9. The molecule has 2 aromatic rings. The molecule has 1 fully saturated rings. The second-order valence-electron chi connectivity index (χ2n) is 5.44. The Morgan fingerprint density at radius 2 is 2.09 bits per heavy atom. The fraction of sp³-hybridized carbons (Fsp3) is 0.333. The SMILES string of the molecule is O=C(c1cn[nH]c1)N1CCC(c2ccccc2Cl)S(=O)(=O)CC1. The molecular formula is C15H16ClN3O3S. The van der Waals surface area contributed by atoms with Crippen molar-refractivity contribution >= 4 is 27.3 Å². The Balaban J connectivity index is 1.86. The first kappa shape index (κ1) is 16.0. The van der Waals surface area contributed by atoms with Crippen LogP contribution in [-0.4, -0.2) is 48.3 Å². The van der Waals surface area contributed by atoms with E-state index in [0.717, 1.165) is 0 Å². The maximum atomic E-state index is 12.6. The lowest BCUT2D eigenvalue weighted by atomic mass is 10.1. The van der Waals surface area contributed by atoms with Crippen LogP contribution in [-0.2, 0) is 9.84 Å². The number of aromatic amines is 1. The molecule has 2 heterocycles. The van der Waals surface area contributed by atoms with Crippen LogP contribution in [0.5, 0.6) is 0 Å². The molecule has 1 saturated heterocycles. The van der Waals surface area contributed by atoms with Crippen molar-refractivity contribution in [3.63, 3.8) is 0 Å². The fourth-order valence-electron chi connectivity index (χ4n) is 2.78. The third kappa shape index (κ3) is 3.25. The predicted octanol–water partition coefficient (Wildman–Crippen LogP) is 2.07. The molecule has 1 unspecified atom stereocenters. The first-order valence-electron chi connectivity index (χ1n) is 7.23. The number of amides is 1. The van der Waals surface area contributed by atoms with E-state index in [9.17, 15) is 13.2 Å². The summed E-state index contributed by atoms with van der Waals surface area (Å²) in [6, 6.07) is 6.96. The Kier molecular flexibility index (Phi) is 4.41. The van der Waals surface area contributed by atoms with Crippen LogP contribution >= 0.6 is 11.6 Å². The van der Waals surface area contributed by atoms with Crippen molar-refractivity contribution in [2.24, 2.45) is 0 Å². The summed E-state index contributed by atoms with van der Waals surface area (Å²) < 4.78 is 25.2. The fourth-order valence-corrected chi connectivity index (χ4v) is 4.93. The molecule has 1 aromatic carbocycles. The maximum Gasteiger partial charge on any atom is 0.257 e. The van der Waals surface area contributed by atoms with Crippen molar-refractivity contribution in [1.29, 1.82) is 0 Å². The molecule has 1 amide bonds. The number of hydrogen-bond acceptors (Lipinski definition) is 4. The van der Waals surface area contributed by atoms with Gasteiger partial charge in [0.15, 0.2) is 9.84 Å². The second kappa shape index (κ2) is 6.33. The highest BCUT2D eigenvalue weighted by molar-refractivity contribution is 7.91. The van der Waals surface area contributed by atoms with Crippen molar-refractivity contribution in [2.45, 2.75) is 11.7 Å². The summed E-state index contributed by atoms with van der Waals surface area (Å²) in [5.41, 5.74) is 1.03. The van der Waals surface area contributed by atoms with Crippen molar-refractivity contribution in [2.75, 3.05) is 18.8 Å². The molecule has 6 nitrogen and oxygen atoms in total. The third-order valence-electron chi connectivity index (χ3n) is 4.02. The van der Waals surface area contributed by atoms with E-state index in [2.05, 4.69) is 10.2 Å². The maximum absolute atomic E-state index is 12.6. The summed E-state index contributed by atoms with van der Waals surface area (Å²) in [5, 5.41) is 6.10. The smallest absolute Gasteiger partial charge is 0.257 e. The normalized spacial score (nSPS) is 20.9.